The van der Waals surface area contributed by atoms with Crippen molar-refractivity contribution in [3.8, 4) is 5.75 Å². The second kappa shape index (κ2) is 15.7. The van der Waals surface area contributed by atoms with Crippen LogP contribution in [-0.2, 0) is 39.4 Å². The van der Waals surface area contributed by atoms with Crippen LogP contribution in [0, 0.1) is 0 Å². The summed E-state index contributed by atoms with van der Waals surface area (Å²) in [5.74, 6) is -3.87. The van der Waals surface area contributed by atoms with Gasteiger partial charge < -0.3 is 9.84 Å². The van der Waals surface area contributed by atoms with Gasteiger partial charge in [0, 0.05) is 22.1 Å². The van der Waals surface area contributed by atoms with Crippen LogP contribution in [-0.4, -0.2) is 84.8 Å². The normalized spacial score (nSPS) is 18.2. The summed E-state index contributed by atoms with van der Waals surface area (Å²) in [7, 11) is -8.78. The molecule has 5 N–H and O–H groups in total. The summed E-state index contributed by atoms with van der Waals surface area (Å²) in [4.78, 5) is 48.9. The lowest BCUT2D eigenvalue weighted by atomic mass is 10.0. The fraction of sp³-hybridized carbons (Fsp3) is 0.0789. The van der Waals surface area contributed by atoms with Crippen molar-refractivity contribution in [2.75, 3.05) is 23.0 Å². The molecule has 0 saturated carbocycles. The monoisotopic (exact) mass is 852 g/mol. The first-order valence-electron chi connectivity index (χ1n) is 17.1. The van der Waals surface area contributed by atoms with E-state index < -0.39 is 70.8 Å². The summed E-state index contributed by atoms with van der Waals surface area (Å²) >= 11 is 0. The topological polar surface area (TPSA) is 296 Å². The molecule has 1 amide bonds. The molecule has 1 unspecified atom stereocenters. The first-order valence-corrected chi connectivity index (χ1v) is 20.0. The predicted octanol–water partition coefficient (Wildman–Crippen LogP) is 2.72. The van der Waals surface area contributed by atoms with Crippen molar-refractivity contribution >= 4 is 105 Å². The minimum Gasteiger partial charge on any atom is -0.494 e. The van der Waals surface area contributed by atoms with Crippen LogP contribution in [0.3, 0.4) is 0 Å². The van der Waals surface area contributed by atoms with Gasteiger partial charge in [0.1, 0.15) is 21.9 Å². The fourth-order valence-corrected chi connectivity index (χ4v) is 7.56. The number of hydrogen-bond donors (Lipinski definition) is 5. The van der Waals surface area contributed by atoms with E-state index in [1.54, 1.807) is 37.3 Å². The van der Waals surface area contributed by atoms with Crippen molar-refractivity contribution in [1.82, 2.24) is 0 Å². The van der Waals surface area contributed by atoms with E-state index in [1.807, 2.05) is 0 Å². The van der Waals surface area contributed by atoms with Gasteiger partial charge in [-0.3, -0.25) is 34.3 Å². The summed E-state index contributed by atoms with van der Waals surface area (Å²) in [5.41, 5.74) is 4.69. The number of azo groups is 1. The standard InChI is InChI=1S/C38H28N8O12S2/c1-19-33(42-39-21-6-4-3-5-7-21)37(49)46(45-19)23-10-8-20-14-31(48)35(36(26(20)16-23)60(55,56)57)44-43-34-25-12-11-24(59(52,53)54)17-27(25)29(18-32(34)58-2)41-40-22-9-13-30(47)28(15-22)38(50)51/h3-18,33,41,43H,1-2H3,(H,50,51)(H,52,53,54)(H,55,56,57)/b40-22+,42-39?,44-35+. The number of methoxy groups -OCH3 is 1. The third kappa shape index (κ3) is 7.97. The predicted molar refractivity (Wildman–Crippen MR) is 218 cm³/mol. The largest absolute Gasteiger partial charge is 0.494 e. The van der Waals surface area contributed by atoms with Crippen molar-refractivity contribution < 1.29 is 55.0 Å². The number of allylic oxidation sites excluding steroid dienone is 3. The van der Waals surface area contributed by atoms with Crippen molar-refractivity contribution in [1.29, 1.82) is 0 Å². The molecule has 22 heteroatoms. The number of benzene rings is 4. The molecule has 0 aromatic heterocycles. The zero-order chi connectivity index (χ0) is 43.1. The maximum Gasteiger partial charge on any atom is 0.339 e. The molecule has 304 valence electrons. The minimum atomic E-state index is -5.24. The zero-order valence-corrected chi connectivity index (χ0v) is 32.5. The Kier molecular flexibility index (Phi) is 10.6. The first-order chi connectivity index (χ1) is 28.4. The van der Waals surface area contributed by atoms with E-state index in [2.05, 4.69) is 36.4 Å². The van der Waals surface area contributed by atoms with E-state index >= 15 is 0 Å². The molecule has 60 heavy (non-hydrogen) atoms. The van der Waals surface area contributed by atoms with Crippen LogP contribution in [0.5, 0.6) is 5.75 Å². The molecular formula is C38H28N8O12S2. The molecule has 20 nitrogen and oxygen atoms in total. The highest BCUT2D eigenvalue weighted by molar-refractivity contribution is 7.96. The van der Waals surface area contributed by atoms with Crippen molar-refractivity contribution in [3.05, 3.63) is 107 Å². The smallest absolute Gasteiger partial charge is 0.339 e. The number of carboxylic acids is 1. The average Bonchev–Trinajstić information content (AvgIpc) is 3.49. The Morgan fingerprint density at radius 3 is 2.28 bits per heavy atom. The Balaban J connectivity index is 1.31. The number of nitrogens with one attached hydrogen (secondary N) is 2. The van der Waals surface area contributed by atoms with Crippen LogP contribution >= 0.6 is 0 Å². The average molecular weight is 853 g/mol. The number of ketones is 2. The number of carbonyl (C=O) groups is 4. The molecule has 1 heterocycles. The zero-order valence-electron chi connectivity index (χ0n) is 30.8. The number of ether oxygens (including phenoxy) is 1. The van der Waals surface area contributed by atoms with Crippen LogP contribution in [0.15, 0.2) is 127 Å². The SMILES string of the molecule is COc1cc(N/N=C2\C=CC(=O)C(C(=O)O)=C2)c2cc(S(=O)(=O)O)ccc2c1N/N=C1\C(=O)C=c2ccc(N3N=C(C)C(N=Nc4ccccc4)C3=O)cc2=C1S(=O)(=O)O. The number of carboxylic acid groups (broad SMARTS) is 1. The van der Waals surface area contributed by atoms with Gasteiger partial charge in [0.15, 0.2) is 17.5 Å². The number of aliphatic carboxylic acids is 1. The van der Waals surface area contributed by atoms with Crippen LogP contribution < -0.4 is 31.0 Å². The van der Waals surface area contributed by atoms with Gasteiger partial charge in [-0.2, -0.15) is 47.4 Å². The molecule has 3 aliphatic rings. The lowest BCUT2D eigenvalue weighted by Crippen LogP contribution is -2.41. The van der Waals surface area contributed by atoms with Crippen LogP contribution in [0.2, 0.25) is 0 Å². The molecule has 0 radical (unpaired) electrons. The Morgan fingerprint density at radius 1 is 0.850 bits per heavy atom. The summed E-state index contributed by atoms with van der Waals surface area (Å²) < 4.78 is 76.3. The second-order valence-electron chi connectivity index (χ2n) is 12.9. The van der Waals surface area contributed by atoms with Gasteiger partial charge in [0.2, 0.25) is 5.78 Å². The molecule has 0 fully saturated rings. The lowest BCUT2D eigenvalue weighted by molar-refractivity contribution is -0.134. The molecule has 0 bridgehead atoms. The number of hydrogen-bond acceptors (Lipinski definition) is 16. The summed E-state index contributed by atoms with van der Waals surface area (Å²) in [6.07, 6.45) is 4.28. The fourth-order valence-electron chi connectivity index (χ4n) is 6.21. The minimum absolute atomic E-state index is 0.00754. The Bertz CT molecular complexity index is 3140. The van der Waals surface area contributed by atoms with E-state index in [4.69, 9.17) is 4.74 Å². The summed E-state index contributed by atoms with van der Waals surface area (Å²) in [5, 5.41) is 31.0. The second-order valence-corrected chi connectivity index (χ2v) is 15.7. The first kappa shape index (κ1) is 40.7. The van der Waals surface area contributed by atoms with Crippen LogP contribution in [0.1, 0.15) is 6.92 Å². The van der Waals surface area contributed by atoms with E-state index in [1.165, 1.54) is 43.5 Å². The molecule has 0 saturated heterocycles. The van der Waals surface area contributed by atoms with Gasteiger partial charge in [-0.1, -0.05) is 30.3 Å². The van der Waals surface area contributed by atoms with Crippen molar-refractivity contribution in [3.63, 3.8) is 0 Å². The quantitative estimate of drug-likeness (QED) is 0.0477. The Morgan fingerprint density at radius 2 is 1.60 bits per heavy atom. The molecule has 7 rings (SSSR count). The van der Waals surface area contributed by atoms with Crippen molar-refractivity contribution in [2.45, 2.75) is 17.9 Å². The van der Waals surface area contributed by atoms with Crippen molar-refractivity contribution in [2.24, 2.45) is 25.5 Å². The van der Waals surface area contributed by atoms with Gasteiger partial charge in [-0.15, -0.1) is 0 Å². The summed E-state index contributed by atoms with van der Waals surface area (Å²) in [6, 6.07) is 16.2. The van der Waals surface area contributed by atoms with E-state index in [-0.39, 0.29) is 55.4 Å². The number of anilines is 3. The number of rotatable bonds is 11. The highest BCUT2D eigenvalue weighted by Crippen LogP contribution is 2.40. The number of nitrogens with zero attached hydrogens (tertiary/aromatic N) is 6. The van der Waals surface area contributed by atoms with Gasteiger partial charge in [-0.25, -0.2) is 4.79 Å². The number of Topliss-reactive ketones (excluding diaryl/α,β-unsaturated/α-hetero) is 1. The van der Waals surface area contributed by atoms with E-state index in [0.717, 1.165) is 35.4 Å². The molecule has 0 spiro atoms. The highest BCUT2D eigenvalue weighted by atomic mass is 32.2. The number of fused-ring (bicyclic) bond motifs is 2. The Labute approximate surface area is 338 Å². The molecule has 2 aliphatic carbocycles. The van der Waals surface area contributed by atoms with E-state index in [9.17, 15) is 50.2 Å². The van der Waals surface area contributed by atoms with Gasteiger partial charge in [0.05, 0.1) is 40.5 Å². The lowest BCUT2D eigenvalue weighted by Gasteiger charge is -2.18. The summed E-state index contributed by atoms with van der Waals surface area (Å²) in [6.45, 7) is 1.56. The number of hydrazone groups is 3. The number of amides is 1. The van der Waals surface area contributed by atoms with Gasteiger partial charge in [0.25, 0.3) is 26.1 Å². The molecule has 4 aromatic carbocycles. The molecule has 4 aromatic rings. The maximum absolute atomic E-state index is 13.5. The Hall–Kier alpha value is -7.53. The number of carbonyl (C=O) groups excluding carboxylic acids is 3. The molecule has 1 aliphatic heterocycles. The van der Waals surface area contributed by atoms with Gasteiger partial charge >= 0.3 is 5.97 Å². The van der Waals surface area contributed by atoms with Crippen LogP contribution in [0.25, 0.3) is 21.8 Å². The van der Waals surface area contributed by atoms with E-state index in [0.29, 0.717) is 5.69 Å². The third-order valence-corrected chi connectivity index (χ3v) is 10.8. The highest BCUT2D eigenvalue weighted by Gasteiger charge is 2.36. The van der Waals surface area contributed by atoms with Crippen LogP contribution in [0.4, 0.5) is 22.7 Å². The molecular weight excluding hydrogens is 825 g/mol. The van der Waals surface area contributed by atoms with Gasteiger partial charge in [-0.05, 0) is 72.8 Å². The molecule has 1 atom stereocenters. The third-order valence-electron chi connectivity index (χ3n) is 9.03. The maximum atomic E-state index is 13.5.